The minimum absolute atomic E-state index is 0.114. The Hall–Kier alpha value is -1.58. The summed E-state index contributed by atoms with van der Waals surface area (Å²) in [5.41, 5.74) is 2.23. The van der Waals surface area contributed by atoms with Gasteiger partial charge in [-0.05, 0) is 42.3 Å². The van der Waals surface area contributed by atoms with Gasteiger partial charge in [0.05, 0.1) is 5.02 Å². The van der Waals surface area contributed by atoms with Gasteiger partial charge in [0.15, 0.2) is 0 Å². The smallest absolute Gasteiger partial charge is 0.134 e. The second kappa shape index (κ2) is 5.85. The number of rotatable bonds is 4. The van der Waals surface area contributed by atoms with Crippen LogP contribution in [0.5, 0.6) is 5.75 Å². The van der Waals surface area contributed by atoms with E-state index >= 15 is 0 Å². The number of aromatic hydroxyl groups is 1. The van der Waals surface area contributed by atoms with E-state index in [1.165, 1.54) is 5.56 Å². The van der Waals surface area contributed by atoms with Crippen LogP contribution in [0.2, 0.25) is 5.02 Å². The fraction of sp³-hybridized carbons (Fsp3) is 0.214. The molecule has 0 spiro atoms. The van der Waals surface area contributed by atoms with Crippen LogP contribution in [0.4, 0.5) is 0 Å². The van der Waals surface area contributed by atoms with Crippen molar-refractivity contribution in [3.8, 4) is 5.75 Å². The molecule has 1 heterocycles. The lowest BCUT2D eigenvalue weighted by Crippen LogP contribution is -2.18. The predicted octanol–water partition coefficient (Wildman–Crippen LogP) is 3.29. The van der Waals surface area contributed by atoms with Gasteiger partial charge < -0.3 is 10.4 Å². The first-order chi connectivity index (χ1) is 8.66. The molecule has 94 valence electrons. The summed E-state index contributed by atoms with van der Waals surface area (Å²) in [6, 6.07) is 9.44. The second-order valence-corrected chi connectivity index (χ2v) is 4.58. The maximum absolute atomic E-state index is 9.34. The second-order valence-electron chi connectivity index (χ2n) is 4.17. The zero-order valence-electron chi connectivity index (χ0n) is 10.1. The molecule has 4 heteroatoms. The zero-order chi connectivity index (χ0) is 13.0. The van der Waals surface area contributed by atoms with Gasteiger partial charge in [-0.1, -0.05) is 17.7 Å². The fourth-order valence-electron chi connectivity index (χ4n) is 1.70. The summed E-state index contributed by atoms with van der Waals surface area (Å²) >= 11 is 5.86. The minimum Gasteiger partial charge on any atom is -0.506 e. The first-order valence-electron chi connectivity index (χ1n) is 5.77. The van der Waals surface area contributed by atoms with E-state index in [0.717, 1.165) is 5.56 Å². The lowest BCUT2D eigenvalue weighted by Gasteiger charge is -2.14. The first kappa shape index (κ1) is 12.9. The summed E-state index contributed by atoms with van der Waals surface area (Å²) in [4.78, 5) is 3.99. The van der Waals surface area contributed by atoms with Gasteiger partial charge in [0.25, 0.3) is 0 Å². The molecular formula is C14H15ClN2O. The van der Waals surface area contributed by atoms with Gasteiger partial charge in [-0.3, -0.25) is 4.98 Å². The molecule has 0 radical (unpaired) electrons. The Balaban J connectivity index is 1.97. The molecule has 0 bridgehead atoms. The molecule has 0 saturated carbocycles. The number of phenols is 1. The summed E-state index contributed by atoms with van der Waals surface area (Å²) in [7, 11) is 0. The lowest BCUT2D eigenvalue weighted by molar-refractivity contribution is 0.475. The van der Waals surface area contributed by atoms with E-state index in [-0.39, 0.29) is 11.8 Å². The van der Waals surface area contributed by atoms with Crippen molar-refractivity contribution in [2.24, 2.45) is 0 Å². The van der Waals surface area contributed by atoms with Crippen LogP contribution < -0.4 is 5.32 Å². The lowest BCUT2D eigenvalue weighted by atomic mass is 10.1. The summed E-state index contributed by atoms with van der Waals surface area (Å²) in [5.74, 6) is 0.114. The Labute approximate surface area is 111 Å². The number of hydrogen-bond acceptors (Lipinski definition) is 3. The number of phenolic OH excluding ortho intramolecular Hbond substituents is 1. The fourth-order valence-corrected chi connectivity index (χ4v) is 1.90. The highest BCUT2D eigenvalue weighted by atomic mass is 35.5. The van der Waals surface area contributed by atoms with E-state index < -0.39 is 0 Å². The van der Waals surface area contributed by atoms with Gasteiger partial charge in [-0.15, -0.1) is 0 Å². The molecule has 18 heavy (non-hydrogen) atoms. The number of benzene rings is 1. The van der Waals surface area contributed by atoms with Crippen LogP contribution in [-0.4, -0.2) is 10.1 Å². The van der Waals surface area contributed by atoms with Gasteiger partial charge in [-0.25, -0.2) is 0 Å². The summed E-state index contributed by atoms with van der Waals surface area (Å²) in [6.45, 7) is 2.79. The number of nitrogens with one attached hydrogen (secondary N) is 1. The van der Waals surface area contributed by atoms with E-state index in [2.05, 4.69) is 17.2 Å². The zero-order valence-corrected chi connectivity index (χ0v) is 10.9. The molecule has 1 aromatic heterocycles. The van der Waals surface area contributed by atoms with E-state index in [1.807, 2.05) is 18.2 Å². The molecule has 0 aliphatic carbocycles. The summed E-state index contributed by atoms with van der Waals surface area (Å²) in [5, 5.41) is 13.1. The number of halogens is 1. The number of pyridine rings is 1. The molecule has 0 aliphatic rings. The SMILES string of the molecule is CC(NCc1ccc(O)c(Cl)c1)c1ccncc1. The van der Waals surface area contributed by atoms with E-state index in [9.17, 15) is 5.11 Å². The normalized spacial score (nSPS) is 12.3. The van der Waals surface area contributed by atoms with Crippen molar-refractivity contribution < 1.29 is 5.11 Å². The predicted molar refractivity (Wildman–Crippen MR) is 72.6 cm³/mol. The standard InChI is InChI=1S/C14H15ClN2O/c1-10(12-4-6-16-7-5-12)17-9-11-2-3-14(18)13(15)8-11/h2-8,10,17-18H,9H2,1H3. The van der Waals surface area contributed by atoms with Crippen molar-refractivity contribution in [1.29, 1.82) is 0 Å². The quantitative estimate of drug-likeness (QED) is 0.889. The van der Waals surface area contributed by atoms with Crippen LogP contribution in [-0.2, 0) is 6.54 Å². The van der Waals surface area contributed by atoms with Crippen LogP contribution in [0.3, 0.4) is 0 Å². The highest BCUT2D eigenvalue weighted by Gasteiger charge is 2.05. The van der Waals surface area contributed by atoms with E-state index in [1.54, 1.807) is 24.5 Å². The van der Waals surface area contributed by atoms with E-state index in [4.69, 9.17) is 11.6 Å². The molecule has 0 fully saturated rings. The highest BCUT2D eigenvalue weighted by Crippen LogP contribution is 2.23. The molecule has 1 aromatic carbocycles. The van der Waals surface area contributed by atoms with Crippen molar-refractivity contribution in [3.05, 3.63) is 58.9 Å². The topological polar surface area (TPSA) is 45.1 Å². The van der Waals surface area contributed by atoms with Crippen molar-refractivity contribution in [2.75, 3.05) is 0 Å². The maximum Gasteiger partial charge on any atom is 0.134 e. The van der Waals surface area contributed by atoms with Gasteiger partial charge in [0.2, 0.25) is 0 Å². The Morgan fingerprint density at radius 3 is 2.67 bits per heavy atom. The van der Waals surface area contributed by atoms with Crippen LogP contribution in [0, 0.1) is 0 Å². The molecule has 0 amide bonds. The monoisotopic (exact) mass is 262 g/mol. The van der Waals surface area contributed by atoms with Gasteiger partial charge in [0.1, 0.15) is 5.75 Å². The molecule has 1 unspecified atom stereocenters. The van der Waals surface area contributed by atoms with Gasteiger partial charge in [-0.2, -0.15) is 0 Å². The van der Waals surface area contributed by atoms with Crippen LogP contribution in [0.25, 0.3) is 0 Å². The van der Waals surface area contributed by atoms with Crippen molar-refractivity contribution >= 4 is 11.6 Å². The van der Waals surface area contributed by atoms with Crippen LogP contribution in [0.1, 0.15) is 24.1 Å². The van der Waals surface area contributed by atoms with Gasteiger partial charge in [0, 0.05) is 25.0 Å². The summed E-state index contributed by atoms with van der Waals surface area (Å²) in [6.07, 6.45) is 3.57. The van der Waals surface area contributed by atoms with Gasteiger partial charge >= 0.3 is 0 Å². The Bertz CT molecular complexity index is 516. The molecular weight excluding hydrogens is 248 g/mol. The third-order valence-electron chi connectivity index (χ3n) is 2.83. The van der Waals surface area contributed by atoms with E-state index in [0.29, 0.717) is 11.6 Å². The molecule has 2 aromatic rings. The molecule has 0 aliphatic heterocycles. The third kappa shape index (κ3) is 3.22. The Morgan fingerprint density at radius 2 is 2.00 bits per heavy atom. The number of nitrogens with zero attached hydrogens (tertiary/aromatic N) is 1. The first-order valence-corrected chi connectivity index (χ1v) is 6.15. The Morgan fingerprint density at radius 1 is 1.28 bits per heavy atom. The minimum atomic E-state index is 0.114. The Kier molecular flexibility index (Phi) is 4.18. The van der Waals surface area contributed by atoms with Crippen LogP contribution in [0.15, 0.2) is 42.7 Å². The number of aromatic nitrogens is 1. The maximum atomic E-state index is 9.34. The average molecular weight is 263 g/mol. The molecule has 1 atom stereocenters. The van der Waals surface area contributed by atoms with Crippen molar-refractivity contribution in [1.82, 2.24) is 10.3 Å². The van der Waals surface area contributed by atoms with Crippen molar-refractivity contribution in [3.63, 3.8) is 0 Å². The summed E-state index contributed by atoms with van der Waals surface area (Å²) < 4.78 is 0. The third-order valence-corrected chi connectivity index (χ3v) is 3.13. The molecule has 0 saturated heterocycles. The largest absolute Gasteiger partial charge is 0.506 e. The average Bonchev–Trinajstić information content (AvgIpc) is 2.41. The molecule has 3 nitrogen and oxygen atoms in total. The van der Waals surface area contributed by atoms with Crippen LogP contribution >= 0.6 is 11.6 Å². The molecule has 2 rings (SSSR count). The molecule has 2 N–H and O–H groups in total. The highest BCUT2D eigenvalue weighted by molar-refractivity contribution is 6.32. The van der Waals surface area contributed by atoms with Crippen molar-refractivity contribution in [2.45, 2.75) is 19.5 Å². The number of hydrogen-bond donors (Lipinski definition) is 2.